The molecule has 0 N–H and O–H groups in total. The minimum atomic E-state index is 0. The summed E-state index contributed by atoms with van der Waals surface area (Å²) >= 11 is 0. The molecular weight excluding hydrogens is 458 g/mol. The first-order chi connectivity index (χ1) is 16.1. The Kier molecular flexibility index (Phi) is 9.31. The SMILES string of the molecule is COc1cc(N2CCN(CC3CCOCC3)CC2)c(C2CC(C)(C)CC(C)(C)C2)cc1N(C)C.Cl. The first kappa shape index (κ1) is 28.4. The Morgan fingerprint density at radius 1 is 0.971 bits per heavy atom. The predicted octanol–water partition coefficient (Wildman–Crippen LogP) is 6.05. The van der Waals surface area contributed by atoms with Crippen LogP contribution in [0.5, 0.6) is 5.75 Å². The Balaban J connectivity index is 0.00000342. The van der Waals surface area contributed by atoms with E-state index in [1.807, 2.05) is 7.11 Å². The van der Waals surface area contributed by atoms with E-state index < -0.39 is 0 Å². The van der Waals surface area contributed by atoms with Gasteiger partial charge in [0, 0.05) is 71.8 Å². The van der Waals surface area contributed by atoms with Gasteiger partial charge < -0.3 is 19.3 Å². The highest BCUT2D eigenvalue weighted by atomic mass is 35.5. The van der Waals surface area contributed by atoms with Gasteiger partial charge in [0.2, 0.25) is 0 Å². The maximum atomic E-state index is 5.89. The van der Waals surface area contributed by atoms with Gasteiger partial charge in [-0.1, -0.05) is 27.7 Å². The van der Waals surface area contributed by atoms with Crippen molar-refractivity contribution in [2.75, 3.05) is 76.9 Å². The van der Waals surface area contributed by atoms with Gasteiger partial charge >= 0.3 is 0 Å². The molecule has 2 saturated heterocycles. The Hall–Kier alpha value is -1.17. The van der Waals surface area contributed by atoms with E-state index in [1.54, 1.807) is 0 Å². The molecule has 35 heavy (non-hydrogen) atoms. The maximum Gasteiger partial charge on any atom is 0.144 e. The van der Waals surface area contributed by atoms with E-state index in [0.29, 0.717) is 16.7 Å². The van der Waals surface area contributed by atoms with Crippen LogP contribution in [0.4, 0.5) is 11.4 Å². The second-order valence-corrected chi connectivity index (χ2v) is 12.9. The van der Waals surface area contributed by atoms with E-state index in [9.17, 15) is 0 Å². The molecule has 2 heterocycles. The van der Waals surface area contributed by atoms with Gasteiger partial charge in [0.05, 0.1) is 12.8 Å². The molecule has 2 aliphatic heterocycles. The van der Waals surface area contributed by atoms with Gasteiger partial charge in [-0.25, -0.2) is 0 Å². The molecule has 3 fully saturated rings. The minimum Gasteiger partial charge on any atom is -0.495 e. The summed E-state index contributed by atoms with van der Waals surface area (Å²) in [6.07, 6.45) is 6.26. The summed E-state index contributed by atoms with van der Waals surface area (Å²) < 4.78 is 11.5. The maximum absolute atomic E-state index is 5.89. The highest BCUT2D eigenvalue weighted by molar-refractivity contribution is 5.85. The van der Waals surface area contributed by atoms with Crippen LogP contribution in [0.25, 0.3) is 0 Å². The van der Waals surface area contributed by atoms with E-state index in [4.69, 9.17) is 9.47 Å². The molecule has 0 unspecified atom stereocenters. The molecule has 5 nitrogen and oxygen atoms in total. The summed E-state index contributed by atoms with van der Waals surface area (Å²) in [5.41, 5.74) is 4.87. The van der Waals surface area contributed by atoms with Gasteiger partial charge in [-0.2, -0.15) is 0 Å². The molecule has 200 valence electrons. The zero-order valence-corrected chi connectivity index (χ0v) is 24.2. The van der Waals surface area contributed by atoms with Crippen LogP contribution in [-0.4, -0.2) is 72.0 Å². The number of benzene rings is 1. The van der Waals surface area contributed by atoms with Crippen molar-refractivity contribution in [2.45, 2.75) is 65.7 Å². The molecule has 0 aromatic heterocycles. The number of nitrogens with zero attached hydrogens (tertiary/aromatic N) is 3. The third-order valence-corrected chi connectivity index (χ3v) is 8.38. The van der Waals surface area contributed by atoms with Gasteiger partial charge in [0.1, 0.15) is 5.75 Å². The molecule has 0 atom stereocenters. The summed E-state index contributed by atoms with van der Waals surface area (Å²) in [5.74, 6) is 2.38. The van der Waals surface area contributed by atoms with Crippen LogP contribution in [-0.2, 0) is 4.74 Å². The van der Waals surface area contributed by atoms with Gasteiger partial charge in [-0.05, 0) is 66.4 Å². The number of halogens is 1. The lowest BCUT2D eigenvalue weighted by Gasteiger charge is -2.46. The molecule has 1 aromatic carbocycles. The van der Waals surface area contributed by atoms with Crippen molar-refractivity contribution in [3.05, 3.63) is 17.7 Å². The molecule has 1 aromatic rings. The van der Waals surface area contributed by atoms with E-state index in [1.165, 1.54) is 55.6 Å². The van der Waals surface area contributed by atoms with Crippen molar-refractivity contribution in [3.63, 3.8) is 0 Å². The normalized spacial score (nSPS) is 23.6. The zero-order valence-electron chi connectivity index (χ0n) is 23.4. The Labute approximate surface area is 220 Å². The molecule has 0 bridgehead atoms. The lowest BCUT2D eigenvalue weighted by molar-refractivity contribution is 0.0517. The van der Waals surface area contributed by atoms with Crippen LogP contribution < -0.4 is 14.5 Å². The smallest absolute Gasteiger partial charge is 0.144 e. The monoisotopic (exact) mass is 507 g/mol. The van der Waals surface area contributed by atoms with Crippen LogP contribution >= 0.6 is 12.4 Å². The third kappa shape index (κ3) is 6.99. The first-order valence-corrected chi connectivity index (χ1v) is 13.5. The molecule has 1 aliphatic carbocycles. The molecule has 0 spiro atoms. The highest BCUT2D eigenvalue weighted by Gasteiger charge is 2.40. The number of hydrogen-bond donors (Lipinski definition) is 0. The van der Waals surface area contributed by atoms with Crippen molar-refractivity contribution < 1.29 is 9.47 Å². The number of piperazine rings is 1. The topological polar surface area (TPSA) is 28.2 Å². The summed E-state index contributed by atoms with van der Waals surface area (Å²) in [6, 6.07) is 4.79. The standard InChI is InChI=1S/C29H49N3O2.ClH/c1-28(2)18-23(19-29(3,4)21-28)24-16-26(30(5)6)27(33-7)17-25(24)32-12-10-31(11-13-32)20-22-8-14-34-15-9-22;/h16-17,22-23H,8-15,18-21H2,1-7H3;1H. The number of ether oxygens (including phenoxy) is 2. The van der Waals surface area contributed by atoms with Gasteiger partial charge in [-0.15, -0.1) is 12.4 Å². The molecule has 0 amide bonds. The second-order valence-electron chi connectivity index (χ2n) is 12.9. The number of methoxy groups -OCH3 is 1. The number of anilines is 2. The molecular formula is C29H50ClN3O2. The fourth-order valence-electron chi connectivity index (χ4n) is 7.22. The second kappa shape index (κ2) is 11.5. The first-order valence-electron chi connectivity index (χ1n) is 13.5. The van der Waals surface area contributed by atoms with Crippen LogP contribution in [0.2, 0.25) is 0 Å². The molecule has 1 saturated carbocycles. The van der Waals surface area contributed by atoms with Gasteiger partial charge in [0.25, 0.3) is 0 Å². The Morgan fingerprint density at radius 2 is 1.57 bits per heavy atom. The minimum absolute atomic E-state index is 0. The molecule has 6 heteroatoms. The number of hydrogen-bond acceptors (Lipinski definition) is 5. The van der Waals surface area contributed by atoms with Crippen LogP contribution in [0.15, 0.2) is 12.1 Å². The van der Waals surface area contributed by atoms with E-state index in [2.05, 4.69) is 68.6 Å². The summed E-state index contributed by atoms with van der Waals surface area (Å²) in [4.78, 5) is 7.54. The average Bonchev–Trinajstić information content (AvgIpc) is 2.77. The molecule has 3 aliphatic rings. The lowest BCUT2D eigenvalue weighted by Crippen LogP contribution is -2.48. The van der Waals surface area contributed by atoms with E-state index >= 15 is 0 Å². The highest BCUT2D eigenvalue weighted by Crippen LogP contribution is 2.54. The fraction of sp³-hybridized carbons (Fsp3) is 0.793. The lowest BCUT2D eigenvalue weighted by atomic mass is 9.60. The van der Waals surface area contributed by atoms with Crippen LogP contribution in [0.3, 0.4) is 0 Å². The third-order valence-electron chi connectivity index (χ3n) is 8.38. The van der Waals surface area contributed by atoms with Gasteiger partial charge in [-0.3, -0.25) is 4.90 Å². The summed E-state index contributed by atoms with van der Waals surface area (Å²) in [7, 11) is 6.07. The van der Waals surface area contributed by atoms with Crippen molar-refractivity contribution in [2.24, 2.45) is 16.7 Å². The number of rotatable bonds is 6. The Bertz CT molecular complexity index is 811. The Morgan fingerprint density at radius 3 is 2.11 bits per heavy atom. The average molecular weight is 508 g/mol. The fourth-order valence-corrected chi connectivity index (χ4v) is 7.22. The van der Waals surface area contributed by atoms with Gasteiger partial charge in [0.15, 0.2) is 0 Å². The van der Waals surface area contributed by atoms with Crippen molar-refractivity contribution in [1.29, 1.82) is 0 Å². The largest absolute Gasteiger partial charge is 0.495 e. The summed E-state index contributed by atoms with van der Waals surface area (Å²) in [5, 5.41) is 0. The van der Waals surface area contributed by atoms with Crippen molar-refractivity contribution >= 4 is 23.8 Å². The quantitative estimate of drug-likeness (QED) is 0.467. The van der Waals surface area contributed by atoms with Crippen LogP contribution in [0.1, 0.15) is 71.3 Å². The van der Waals surface area contributed by atoms with E-state index in [-0.39, 0.29) is 12.4 Å². The molecule has 0 radical (unpaired) electrons. The zero-order chi connectivity index (χ0) is 24.5. The van der Waals surface area contributed by atoms with Crippen molar-refractivity contribution in [1.82, 2.24) is 4.90 Å². The predicted molar refractivity (Wildman–Crippen MR) is 151 cm³/mol. The van der Waals surface area contributed by atoms with Crippen LogP contribution in [0, 0.1) is 16.7 Å². The summed E-state index contributed by atoms with van der Waals surface area (Å²) in [6.45, 7) is 17.5. The molecule has 4 rings (SSSR count). The van der Waals surface area contributed by atoms with Crippen molar-refractivity contribution in [3.8, 4) is 5.75 Å². The van der Waals surface area contributed by atoms with E-state index in [0.717, 1.165) is 51.1 Å².